The number of aliphatic imine (C=N–C) groups is 1. The summed E-state index contributed by atoms with van der Waals surface area (Å²) in [6.45, 7) is 8.41. The first-order valence-electron chi connectivity index (χ1n) is 16.7. The van der Waals surface area contributed by atoms with Crippen LogP contribution in [-0.4, -0.2) is 42.4 Å². The normalized spacial score (nSPS) is 18.1. The average molecular weight is 651 g/mol. The quantitative estimate of drug-likeness (QED) is 0.184. The van der Waals surface area contributed by atoms with E-state index in [-0.39, 0.29) is 24.0 Å². The minimum Gasteiger partial charge on any atom is -0.444 e. The van der Waals surface area contributed by atoms with Crippen LogP contribution in [0.4, 0.5) is 16.2 Å². The summed E-state index contributed by atoms with van der Waals surface area (Å²) < 4.78 is 5.35. The van der Waals surface area contributed by atoms with Crippen molar-refractivity contribution in [3.05, 3.63) is 83.4 Å². The van der Waals surface area contributed by atoms with Gasteiger partial charge in [0.15, 0.2) is 12.5 Å². The Morgan fingerprint density at radius 1 is 0.938 bits per heavy atom. The van der Waals surface area contributed by atoms with Crippen molar-refractivity contribution in [3.63, 3.8) is 0 Å². The van der Waals surface area contributed by atoms with Gasteiger partial charge in [0.1, 0.15) is 11.4 Å². The highest BCUT2D eigenvalue weighted by Gasteiger charge is 2.31. The second-order valence-electron chi connectivity index (χ2n) is 13.9. The van der Waals surface area contributed by atoms with Crippen molar-refractivity contribution in [1.82, 2.24) is 5.32 Å². The number of nitrogens with two attached hydrogens (primary N) is 1. The van der Waals surface area contributed by atoms with Crippen LogP contribution in [0.15, 0.2) is 82.0 Å². The molecule has 1 saturated carbocycles. The molecule has 3 aromatic rings. The molecule has 10 heteroatoms. The lowest BCUT2D eigenvalue weighted by molar-refractivity contribution is -0.129. The number of azo groups is 1. The number of benzene rings is 3. The van der Waals surface area contributed by atoms with Crippen LogP contribution < -0.4 is 16.4 Å². The number of alkyl carbamates (subject to hydrolysis) is 1. The molecule has 1 fully saturated rings. The first-order chi connectivity index (χ1) is 22.9. The molecule has 0 aromatic heterocycles. The summed E-state index contributed by atoms with van der Waals surface area (Å²) in [4.78, 5) is 43.8. The molecule has 0 radical (unpaired) electrons. The van der Waals surface area contributed by atoms with E-state index in [9.17, 15) is 14.4 Å². The van der Waals surface area contributed by atoms with Gasteiger partial charge in [-0.3, -0.25) is 9.59 Å². The number of nitrogens with one attached hydrogen (secondary N) is 2. The second-order valence-corrected chi connectivity index (χ2v) is 13.9. The second kappa shape index (κ2) is 15.4. The predicted octanol–water partition coefficient (Wildman–Crippen LogP) is 7.50. The first kappa shape index (κ1) is 34.5. The van der Waals surface area contributed by atoms with E-state index in [2.05, 4.69) is 38.0 Å². The maximum Gasteiger partial charge on any atom is 0.407 e. The Morgan fingerprint density at radius 3 is 2.25 bits per heavy atom. The van der Waals surface area contributed by atoms with Crippen molar-refractivity contribution in [3.8, 4) is 11.1 Å². The third kappa shape index (κ3) is 9.59. The third-order valence-electron chi connectivity index (χ3n) is 8.91. The molecular weight excluding hydrogens is 604 g/mol. The highest BCUT2D eigenvalue weighted by atomic mass is 16.6. The van der Waals surface area contributed by atoms with Gasteiger partial charge in [0.05, 0.1) is 0 Å². The largest absolute Gasteiger partial charge is 0.444 e. The fourth-order valence-electron chi connectivity index (χ4n) is 6.34. The van der Waals surface area contributed by atoms with Gasteiger partial charge in [-0.2, -0.15) is 5.11 Å². The molecule has 2 aliphatic rings. The van der Waals surface area contributed by atoms with E-state index in [4.69, 9.17) is 10.5 Å². The molecule has 1 heterocycles. The van der Waals surface area contributed by atoms with Crippen LogP contribution in [0.25, 0.3) is 11.1 Å². The number of rotatable bonds is 11. The number of nitrogen functional groups attached to an aromatic ring is 1. The molecule has 0 unspecified atom stereocenters. The monoisotopic (exact) mass is 650 g/mol. The molecule has 0 spiro atoms. The molecule has 1 atom stereocenters. The smallest absolute Gasteiger partial charge is 0.407 e. The van der Waals surface area contributed by atoms with Gasteiger partial charge in [-0.1, -0.05) is 30.3 Å². The molecule has 48 heavy (non-hydrogen) atoms. The van der Waals surface area contributed by atoms with E-state index in [1.807, 2.05) is 82.3 Å². The van der Waals surface area contributed by atoms with Gasteiger partial charge in [-0.05, 0) is 124 Å². The Kier molecular flexibility index (Phi) is 11.0. The van der Waals surface area contributed by atoms with E-state index in [0.29, 0.717) is 37.1 Å². The molecule has 1 aliphatic carbocycles. The van der Waals surface area contributed by atoms with E-state index < -0.39 is 17.6 Å². The summed E-state index contributed by atoms with van der Waals surface area (Å²) in [6.07, 6.45) is 3.34. The fourth-order valence-corrected chi connectivity index (χ4v) is 6.34. The van der Waals surface area contributed by atoms with Gasteiger partial charge in [0.2, 0.25) is 5.91 Å². The summed E-state index contributed by atoms with van der Waals surface area (Å²) in [6, 6.07) is 21.4. The Bertz CT molecular complexity index is 1670. The van der Waals surface area contributed by atoms with Gasteiger partial charge in [-0.25, -0.2) is 9.79 Å². The van der Waals surface area contributed by atoms with E-state index in [1.165, 1.54) is 0 Å². The molecule has 0 bridgehead atoms. The van der Waals surface area contributed by atoms with Gasteiger partial charge in [0.25, 0.3) is 0 Å². The van der Waals surface area contributed by atoms with Crippen LogP contribution in [0.2, 0.25) is 0 Å². The van der Waals surface area contributed by atoms with Gasteiger partial charge < -0.3 is 21.1 Å². The number of aryl methyl sites for hydroxylation is 1. The Morgan fingerprint density at radius 2 is 1.62 bits per heavy atom. The van der Waals surface area contributed by atoms with E-state index in [0.717, 1.165) is 59.2 Å². The number of ether oxygens (including phenoxy) is 1. The van der Waals surface area contributed by atoms with Crippen molar-refractivity contribution in [2.45, 2.75) is 71.8 Å². The van der Waals surface area contributed by atoms with Crippen LogP contribution in [0.5, 0.6) is 0 Å². The number of hydrogen-bond donors (Lipinski definition) is 3. The van der Waals surface area contributed by atoms with Crippen molar-refractivity contribution in [2.75, 3.05) is 24.3 Å². The van der Waals surface area contributed by atoms with Gasteiger partial charge >= 0.3 is 6.09 Å². The molecular formula is C38H46N6O4. The maximum absolute atomic E-state index is 13.8. The molecule has 2 amide bonds. The fraction of sp³-hybridized carbons (Fsp3) is 0.421. The Labute approximate surface area is 282 Å². The highest BCUT2D eigenvalue weighted by Crippen LogP contribution is 2.32. The SMILES string of the molecule is Cc1cc(N)ccc1-c1ccc(C[C@H](CC(=O)C2CCC(CNC(=O)OC(C)(C)C)CC2)C(=O)Nc2ccc(C3=NCN=N3)cc2)cc1. The Balaban J connectivity index is 1.24. The zero-order chi connectivity index (χ0) is 34.3. The molecule has 252 valence electrons. The van der Waals surface area contributed by atoms with Gasteiger partial charge in [0, 0.05) is 41.7 Å². The summed E-state index contributed by atoms with van der Waals surface area (Å²) in [5.74, 6) is 0.147. The number of carbonyl (C=O) groups is 3. The third-order valence-corrected chi connectivity index (χ3v) is 8.91. The van der Waals surface area contributed by atoms with Gasteiger partial charge in [-0.15, -0.1) is 5.11 Å². The Hall–Kier alpha value is -4.86. The summed E-state index contributed by atoms with van der Waals surface area (Å²) in [5, 5.41) is 13.8. The molecule has 3 aromatic carbocycles. The topological polar surface area (TPSA) is 148 Å². The van der Waals surface area contributed by atoms with E-state index >= 15 is 0 Å². The lowest BCUT2D eigenvalue weighted by Gasteiger charge is -2.29. The molecule has 0 saturated heterocycles. The highest BCUT2D eigenvalue weighted by molar-refractivity contribution is 6.01. The molecule has 1 aliphatic heterocycles. The first-order valence-corrected chi connectivity index (χ1v) is 16.7. The lowest BCUT2D eigenvalue weighted by atomic mass is 9.77. The number of ketones is 1. The average Bonchev–Trinajstić information content (AvgIpc) is 3.59. The van der Waals surface area contributed by atoms with Crippen LogP contribution in [0, 0.1) is 24.7 Å². The lowest BCUT2D eigenvalue weighted by Crippen LogP contribution is -2.37. The van der Waals surface area contributed by atoms with E-state index in [1.54, 1.807) is 0 Å². The number of amidine groups is 1. The molecule has 10 nitrogen and oxygen atoms in total. The van der Waals surface area contributed by atoms with Crippen LogP contribution in [0.3, 0.4) is 0 Å². The summed E-state index contributed by atoms with van der Waals surface area (Å²) >= 11 is 0. The summed E-state index contributed by atoms with van der Waals surface area (Å²) in [5.41, 5.74) is 11.8. The number of hydrogen-bond acceptors (Lipinski definition) is 8. The number of anilines is 2. The molecule has 4 N–H and O–H groups in total. The number of amides is 2. The predicted molar refractivity (Wildman–Crippen MR) is 189 cm³/mol. The molecule has 5 rings (SSSR count). The standard InChI is InChI=1S/C38H46N6O4/c1-24-19-31(39)15-18-33(24)27-9-5-25(6-10-27)20-30(36(46)43-32-16-13-29(14-17-32)35-41-23-42-44-35)21-34(45)28-11-7-26(8-12-28)22-40-37(47)48-38(2,3)4/h5-6,9-10,13-19,26,28,30H,7-8,11-12,20-23,39H2,1-4H3,(H,40,47)(H,43,46)/t26?,28?,30-/m1/s1. The van der Waals surface area contributed by atoms with Crippen LogP contribution >= 0.6 is 0 Å². The minimum absolute atomic E-state index is 0.102. The maximum atomic E-state index is 13.8. The summed E-state index contributed by atoms with van der Waals surface area (Å²) in [7, 11) is 0. The number of Topliss-reactive ketones (excluding diaryl/α,β-unsaturated/α-hetero) is 1. The van der Waals surface area contributed by atoms with Crippen LogP contribution in [-0.2, 0) is 20.7 Å². The zero-order valence-corrected chi connectivity index (χ0v) is 28.3. The van der Waals surface area contributed by atoms with Crippen LogP contribution in [0.1, 0.15) is 69.6 Å². The van der Waals surface area contributed by atoms with Crippen molar-refractivity contribution in [1.29, 1.82) is 0 Å². The van der Waals surface area contributed by atoms with Crippen molar-refractivity contribution < 1.29 is 19.1 Å². The number of carbonyl (C=O) groups excluding carboxylic acids is 3. The van der Waals surface area contributed by atoms with Crippen molar-refractivity contribution in [2.24, 2.45) is 33.0 Å². The number of nitrogens with zero attached hydrogens (tertiary/aromatic N) is 3. The zero-order valence-electron chi connectivity index (χ0n) is 28.3. The van der Waals surface area contributed by atoms with Crippen molar-refractivity contribution >= 4 is 35.0 Å². The minimum atomic E-state index is -0.546.